The number of rotatable bonds is 3. The second kappa shape index (κ2) is 4.53. The highest BCUT2D eigenvalue weighted by atomic mass is 16.5. The van der Waals surface area contributed by atoms with Crippen LogP contribution in [0, 0.1) is 0 Å². The molecule has 1 saturated heterocycles. The largest absolute Gasteiger partial charge is 0.465 e. The first-order valence-electron chi connectivity index (χ1n) is 5.28. The van der Waals surface area contributed by atoms with E-state index in [9.17, 15) is 4.79 Å². The molecule has 2 atom stereocenters. The molecule has 0 unspecified atom stereocenters. The average molecular weight is 221 g/mol. The summed E-state index contributed by atoms with van der Waals surface area (Å²) in [5, 5.41) is 8.97. The summed E-state index contributed by atoms with van der Waals surface area (Å²) in [6, 6.07) is 9.83. The van der Waals surface area contributed by atoms with Crippen molar-refractivity contribution in [3.05, 3.63) is 35.9 Å². The third-order valence-corrected chi connectivity index (χ3v) is 3.04. The van der Waals surface area contributed by atoms with Crippen LogP contribution in [0.3, 0.4) is 0 Å². The van der Waals surface area contributed by atoms with Crippen molar-refractivity contribution in [2.24, 2.45) is 0 Å². The van der Waals surface area contributed by atoms with Crippen LogP contribution in [-0.4, -0.2) is 41.9 Å². The molecule has 4 nitrogen and oxygen atoms in total. The Morgan fingerprint density at radius 2 is 2.19 bits per heavy atom. The molecule has 86 valence electrons. The Labute approximate surface area is 94.4 Å². The van der Waals surface area contributed by atoms with Gasteiger partial charge in [0.25, 0.3) is 0 Å². The van der Waals surface area contributed by atoms with E-state index < -0.39 is 6.09 Å². The zero-order valence-corrected chi connectivity index (χ0v) is 9.17. The molecule has 1 aliphatic heterocycles. The molecule has 1 aromatic carbocycles. The van der Waals surface area contributed by atoms with Gasteiger partial charge in [-0.1, -0.05) is 30.3 Å². The lowest BCUT2D eigenvalue weighted by Gasteiger charge is -2.45. The van der Waals surface area contributed by atoms with Crippen LogP contribution < -0.4 is 0 Å². The summed E-state index contributed by atoms with van der Waals surface area (Å²) in [5.41, 5.74) is 1.14. The van der Waals surface area contributed by atoms with Gasteiger partial charge in [-0.25, -0.2) is 4.79 Å². The predicted octanol–water partition coefficient (Wildman–Crippen LogP) is 1.61. The number of ether oxygens (including phenoxy) is 1. The van der Waals surface area contributed by atoms with E-state index >= 15 is 0 Å². The Bertz CT molecular complexity index is 366. The lowest BCUT2D eigenvalue weighted by Crippen LogP contribution is -2.63. The fraction of sp³-hybridized carbons (Fsp3) is 0.417. The Balaban J connectivity index is 2.04. The van der Waals surface area contributed by atoms with Gasteiger partial charge in [-0.2, -0.15) is 0 Å². The minimum absolute atomic E-state index is 0.0244. The number of nitrogens with zero attached hydrogens (tertiary/aromatic N) is 1. The Kier molecular flexibility index (Phi) is 3.10. The molecule has 4 heteroatoms. The van der Waals surface area contributed by atoms with Crippen LogP contribution in [0.5, 0.6) is 0 Å². The molecular weight excluding hydrogens is 206 g/mol. The summed E-state index contributed by atoms with van der Waals surface area (Å²) in [5.74, 6) is 0. The second-order valence-electron chi connectivity index (χ2n) is 3.97. The first-order chi connectivity index (χ1) is 7.72. The van der Waals surface area contributed by atoms with Gasteiger partial charge in [0.2, 0.25) is 0 Å². The van der Waals surface area contributed by atoms with Crippen LogP contribution in [0.15, 0.2) is 30.3 Å². The summed E-state index contributed by atoms with van der Waals surface area (Å²) >= 11 is 0. The van der Waals surface area contributed by atoms with Gasteiger partial charge >= 0.3 is 6.09 Å². The molecule has 0 bridgehead atoms. The molecule has 0 aromatic heterocycles. The number of methoxy groups -OCH3 is 1. The van der Waals surface area contributed by atoms with Crippen molar-refractivity contribution in [3.63, 3.8) is 0 Å². The maximum atomic E-state index is 10.9. The fourth-order valence-electron chi connectivity index (χ4n) is 2.06. The lowest BCUT2D eigenvalue weighted by molar-refractivity contribution is -0.0694. The van der Waals surface area contributed by atoms with Crippen molar-refractivity contribution in [3.8, 4) is 0 Å². The van der Waals surface area contributed by atoms with Crippen molar-refractivity contribution in [2.45, 2.75) is 18.6 Å². The van der Waals surface area contributed by atoms with Gasteiger partial charge in [0.15, 0.2) is 0 Å². The van der Waals surface area contributed by atoms with Crippen LogP contribution in [-0.2, 0) is 11.2 Å². The molecule has 1 fully saturated rings. The predicted molar refractivity (Wildman–Crippen MR) is 59.5 cm³/mol. The average Bonchev–Trinajstić information content (AvgIpc) is 2.26. The van der Waals surface area contributed by atoms with E-state index in [1.807, 2.05) is 30.3 Å². The van der Waals surface area contributed by atoms with E-state index in [1.165, 1.54) is 4.90 Å². The minimum atomic E-state index is -0.866. The molecule has 0 saturated carbocycles. The van der Waals surface area contributed by atoms with E-state index in [2.05, 4.69) is 0 Å². The number of benzene rings is 1. The molecule has 1 amide bonds. The van der Waals surface area contributed by atoms with Gasteiger partial charge in [-0.05, 0) is 12.0 Å². The van der Waals surface area contributed by atoms with Gasteiger partial charge in [0, 0.05) is 7.11 Å². The minimum Gasteiger partial charge on any atom is -0.465 e. The normalized spacial score (nSPS) is 23.9. The van der Waals surface area contributed by atoms with Crippen molar-refractivity contribution >= 4 is 6.09 Å². The van der Waals surface area contributed by atoms with E-state index in [-0.39, 0.29) is 12.1 Å². The van der Waals surface area contributed by atoms with Crippen molar-refractivity contribution in [1.82, 2.24) is 4.90 Å². The summed E-state index contributed by atoms with van der Waals surface area (Å²) in [4.78, 5) is 12.3. The summed E-state index contributed by atoms with van der Waals surface area (Å²) in [6.07, 6.45) is -0.128. The smallest absolute Gasteiger partial charge is 0.407 e. The molecule has 0 radical (unpaired) electrons. The fourth-order valence-corrected chi connectivity index (χ4v) is 2.06. The maximum absolute atomic E-state index is 10.9. The molecule has 1 heterocycles. The van der Waals surface area contributed by atoms with Crippen LogP contribution in [0.4, 0.5) is 4.79 Å². The number of hydrogen-bond acceptors (Lipinski definition) is 2. The Morgan fingerprint density at radius 3 is 2.75 bits per heavy atom. The number of carboxylic acid groups (broad SMARTS) is 1. The Morgan fingerprint density at radius 1 is 1.50 bits per heavy atom. The standard InChI is InChI=1S/C12H15NO3/c1-16-11-8-13(12(14)15)10(11)7-9-5-3-2-4-6-9/h2-6,10-11H,7-8H2,1H3,(H,14,15)/t10-,11+/m1/s1. The molecule has 0 aliphatic carbocycles. The zero-order chi connectivity index (χ0) is 11.5. The first kappa shape index (κ1) is 11.0. The summed E-state index contributed by atoms with van der Waals surface area (Å²) in [6.45, 7) is 0.476. The van der Waals surface area contributed by atoms with Crippen LogP contribution in [0.1, 0.15) is 5.56 Å². The topological polar surface area (TPSA) is 49.8 Å². The van der Waals surface area contributed by atoms with E-state index in [1.54, 1.807) is 7.11 Å². The number of amides is 1. The van der Waals surface area contributed by atoms with Crippen LogP contribution in [0.2, 0.25) is 0 Å². The van der Waals surface area contributed by atoms with Gasteiger partial charge in [-0.15, -0.1) is 0 Å². The highest BCUT2D eigenvalue weighted by Gasteiger charge is 2.42. The summed E-state index contributed by atoms with van der Waals surface area (Å²) < 4.78 is 5.25. The lowest BCUT2D eigenvalue weighted by atomic mass is 9.93. The van der Waals surface area contributed by atoms with Crippen LogP contribution in [0.25, 0.3) is 0 Å². The van der Waals surface area contributed by atoms with E-state index in [0.717, 1.165) is 5.56 Å². The third kappa shape index (κ3) is 2.02. The second-order valence-corrected chi connectivity index (χ2v) is 3.97. The van der Waals surface area contributed by atoms with Crippen molar-refractivity contribution in [1.29, 1.82) is 0 Å². The van der Waals surface area contributed by atoms with Crippen LogP contribution >= 0.6 is 0 Å². The van der Waals surface area contributed by atoms with Gasteiger partial charge < -0.3 is 9.84 Å². The van der Waals surface area contributed by atoms with Gasteiger partial charge in [0.05, 0.1) is 18.7 Å². The Hall–Kier alpha value is -1.55. The molecule has 1 aromatic rings. The molecule has 2 rings (SSSR count). The molecule has 0 spiro atoms. The van der Waals surface area contributed by atoms with Crippen molar-refractivity contribution in [2.75, 3.05) is 13.7 Å². The monoisotopic (exact) mass is 221 g/mol. The van der Waals surface area contributed by atoms with E-state index in [4.69, 9.17) is 9.84 Å². The molecule has 16 heavy (non-hydrogen) atoms. The SMILES string of the molecule is CO[C@H]1CN(C(=O)O)[C@@H]1Cc1ccccc1. The van der Waals surface area contributed by atoms with Crippen molar-refractivity contribution < 1.29 is 14.6 Å². The highest BCUT2D eigenvalue weighted by molar-refractivity contribution is 5.67. The van der Waals surface area contributed by atoms with E-state index in [0.29, 0.717) is 13.0 Å². The first-order valence-corrected chi connectivity index (χ1v) is 5.28. The zero-order valence-electron chi connectivity index (χ0n) is 9.17. The molecule has 1 aliphatic rings. The van der Waals surface area contributed by atoms with Gasteiger partial charge in [-0.3, -0.25) is 4.90 Å². The highest BCUT2D eigenvalue weighted by Crippen LogP contribution is 2.24. The molecule has 1 N–H and O–H groups in total. The third-order valence-electron chi connectivity index (χ3n) is 3.04. The maximum Gasteiger partial charge on any atom is 0.407 e. The number of likely N-dealkylation sites (tertiary alicyclic amines) is 1. The number of hydrogen-bond donors (Lipinski definition) is 1. The summed E-state index contributed by atoms with van der Waals surface area (Å²) in [7, 11) is 1.63. The molecular formula is C12H15NO3. The van der Waals surface area contributed by atoms with Gasteiger partial charge in [0.1, 0.15) is 0 Å². The quantitative estimate of drug-likeness (QED) is 0.843. The number of carbonyl (C=O) groups is 1.